The average molecular weight is 461 g/mol. The first-order valence-corrected chi connectivity index (χ1v) is 11.0. The van der Waals surface area contributed by atoms with Crippen molar-refractivity contribution in [1.29, 1.82) is 0 Å². The molecule has 174 valence electrons. The summed E-state index contributed by atoms with van der Waals surface area (Å²) in [5, 5.41) is 0. The number of aromatic amines is 1. The van der Waals surface area contributed by atoms with Crippen LogP contribution < -0.4 is 16.4 Å². The molecule has 5 rings (SSSR count). The summed E-state index contributed by atoms with van der Waals surface area (Å²) < 4.78 is 13.3. The van der Waals surface area contributed by atoms with E-state index < -0.39 is 11.4 Å². The number of nitrogen functional groups attached to an aromatic ring is 1. The van der Waals surface area contributed by atoms with Crippen LogP contribution >= 0.6 is 0 Å². The summed E-state index contributed by atoms with van der Waals surface area (Å²) in [5.74, 6) is 0.593. The van der Waals surface area contributed by atoms with E-state index in [4.69, 9.17) is 11.5 Å². The molecule has 4 aromatic rings. The zero-order valence-corrected chi connectivity index (χ0v) is 18.7. The molecule has 0 aliphatic carbocycles. The van der Waals surface area contributed by atoms with Crippen molar-refractivity contribution in [3.05, 3.63) is 66.0 Å². The van der Waals surface area contributed by atoms with Gasteiger partial charge in [0.1, 0.15) is 17.2 Å². The average Bonchev–Trinajstić information content (AvgIpc) is 3.28. The lowest BCUT2D eigenvalue weighted by atomic mass is 9.88. The van der Waals surface area contributed by atoms with Gasteiger partial charge < -0.3 is 21.4 Å². The predicted octanol–water partition coefficient (Wildman–Crippen LogP) is 2.26. The van der Waals surface area contributed by atoms with E-state index in [0.717, 1.165) is 11.1 Å². The third-order valence-corrected chi connectivity index (χ3v) is 6.49. The minimum atomic E-state index is -0.921. The summed E-state index contributed by atoms with van der Waals surface area (Å²) in [6, 6.07) is 15.6. The number of halogens is 1. The number of hydrogen-bond acceptors (Lipinski definition) is 7. The summed E-state index contributed by atoms with van der Waals surface area (Å²) in [4.78, 5) is 33.3. The maximum absolute atomic E-state index is 13.3. The maximum atomic E-state index is 13.3. The maximum Gasteiger partial charge on any atom is 0.242 e. The highest BCUT2D eigenvalue weighted by Gasteiger charge is 2.41. The molecule has 1 unspecified atom stereocenters. The Kier molecular flexibility index (Phi) is 5.37. The lowest BCUT2D eigenvalue weighted by Crippen LogP contribution is -2.59. The number of H-pyrrole nitrogens is 1. The van der Waals surface area contributed by atoms with Crippen LogP contribution in [0.5, 0.6) is 0 Å². The highest BCUT2D eigenvalue weighted by atomic mass is 19.1. The number of aromatic nitrogens is 4. The van der Waals surface area contributed by atoms with Crippen molar-refractivity contribution in [1.82, 2.24) is 24.8 Å². The number of nitrogens with one attached hydrogen (secondary N) is 1. The van der Waals surface area contributed by atoms with E-state index in [-0.39, 0.29) is 11.8 Å². The smallest absolute Gasteiger partial charge is 0.242 e. The molecular formula is C24H25FN8O. The van der Waals surface area contributed by atoms with Crippen LogP contribution in [0.2, 0.25) is 0 Å². The fourth-order valence-electron chi connectivity index (χ4n) is 4.48. The fourth-order valence-corrected chi connectivity index (χ4v) is 4.48. The first-order chi connectivity index (χ1) is 16.4. The number of piperazine rings is 1. The second-order valence-corrected chi connectivity index (χ2v) is 8.47. The highest BCUT2D eigenvalue weighted by Crippen LogP contribution is 2.32. The topological polar surface area (TPSA) is 130 Å². The molecule has 10 heteroatoms. The van der Waals surface area contributed by atoms with Gasteiger partial charge in [-0.1, -0.05) is 30.3 Å². The van der Waals surface area contributed by atoms with Crippen LogP contribution in [0, 0.1) is 5.82 Å². The summed E-state index contributed by atoms with van der Waals surface area (Å²) in [6.07, 6.45) is 0. The van der Waals surface area contributed by atoms with Gasteiger partial charge >= 0.3 is 0 Å². The van der Waals surface area contributed by atoms with Crippen LogP contribution in [0.25, 0.3) is 22.6 Å². The van der Waals surface area contributed by atoms with Gasteiger partial charge in [0.15, 0.2) is 17.0 Å². The van der Waals surface area contributed by atoms with Crippen molar-refractivity contribution in [3.8, 4) is 11.4 Å². The number of primary amides is 1. The number of fused-ring (bicyclic) bond motifs is 1. The molecule has 0 bridgehead atoms. The number of rotatable bonds is 5. The van der Waals surface area contributed by atoms with Crippen molar-refractivity contribution < 1.29 is 9.18 Å². The monoisotopic (exact) mass is 460 g/mol. The van der Waals surface area contributed by atoms with Crippen molar-refractivity contribution in [2.45, 2.75) is 12.5 Å². The van der Waals surface area contributed by atoms with Crippen molar-refractivity contribution in [2.24, 2.45) is 5.73 Å². The Morgan fingerprint density at radius 2 is 1.68 bits per heavy atom. The van der Waals surface area contributed by atoms with Crippen LogP contribution in [0.4, 0.5) is 16.2 Å². The molecule has 1 aliphatic rings. The molecule has 3 heterocycles. The molecule has 0 radical (unpaired) electrons. The van der Waals surface area contributed by atoms with Gasteiger partial charge in [-0.15, -0.1) is 0 Å². The van der Waals surface area contributed by atoms with Gasteiger partial charge in [-0.3, -0.25) is 9.69 Å². The molecule has 34 heavy (non-hydrogen) atoms. The van der Waals surface area contributed by atoms with Crippen LogP contribution in [-0.2, 0) is 10.3 Å². The number of hydrogen-bond donors (Lipinski definition) is 3. The van der Waals surface area contributed by atoms with Crippen molar-refractivity contribution in [2.75, 3.05) is 36.8 Å². The van der Waals surface area contributed by atoms with Crippen LogP contribution in [-0.4, -0.2) is 56.9 Å². The summed E-state index contributed by atoms with van der Waals surface area (Å²) in [6.45, 7) is 4.24. The molecule has 1 aliphatic heterocycles. The Labute approximate surface area is 195 Å². The van der Waals surface area contributed by atoms with Gasteiger partial charge in [-0.2, -0.15) is 9.97 Å². The molecule has 0 spiro atoms. The van der Waals surface area contributed by atoms with Crippen LogP contribution in [0.15, 0.2) is 54.6 Å². The van der Waals surface area contributed by atoms with Crippen molar-refractivity contribution >= 4 is 28.8 Å². The summed E-state index contributed by atoms with van der Waals surface area (Å²) >= 11 is 0. The lowest BCUT2D eigenvalue weighted by Gasteiger charge is -2.44. The molecule has 1 fully saturated rings. The van der Waals surface area contributed by atoms with Gasteiger partial charge in [0.05, 0.1) is 0 Å². The second kappa shape index (κ2) is 8.38. The number of imidazole rings is 1. The third kappa shape index (κ3) is 3.71. The van der Waals surface area contributed by atoms with Gasteiger partial charge in [-0.25, -0.2) is 9.37 Å². The van der Waals surface area contributed by atoms with E-state index in [1.807, 2.05) is 37.3 Å². The molecule has 1 saturated heterocycles. The molecule has 1 atom stereocenters. The van der Waals surface area contributed by atoms with Gasteiger partial charge in [-0.05, 0) is 36.8 Å². The van der Waals surface area contributed by atoms with Crippen LogP contribution in [0.3, 0.4) is 0 Å². The number of benzene rings is 2. The Hall–Kier alpha value is -4.05. The van der Waals surface area contributed by atoms with E-state index in [9.17, 15) is 9.18 Å². The zero-order chi connectivity index (χ0) is 23.9. The Bertz CT molecular complexity index is 1330. The second-order valence-electron chi connectivity index (χ2n) is 8.47. The summed E-state index contributed by atoms with van der Waals surface area (Å²) in [5.41, 5.74) is 13.6. The van der Waals surface area contributed by atoms with E-state index in [2.05, 4.69) is 29.7 Å². The molecule has 2 aromatic heterocycles. The zero-order valence-electron chi connectivity index (χ0n) is 18.7. The standard InChI is InChI=1S/C24H25FN8O/c1-24(22(26)34,16-5-3-2-4-6-16)33-13-11-32(12-14-33)21-18-20(30-23(27)31-21)29-19(28-18)15-7-9-17(25)10-8-15/h2-10H,11-14H2,1H3,(H2,26,34)(H3,27,28,29,30,31). The van der Waals surface area contributed by atoms with Crippen molar-refractivity contribution in [3.63, 3.8) is 0 Å². The summed E-state index contributed by atoms with van der Waals surface area (Å²) in [7, 11) is 0. The minimum Gasteiger partial charge on any atom is -0.368 e. The number of anilines is 2. The van der Waals surface area contributed by atoms with Gasteiger partial charge in [0.25, 0.3) is 0 Å². The first-order valence-electron chi connectivity index (χ1n) is 11.0. The normalized spacial score (nSPS) is 16.5. The molecule has 0 saturated carbocycles. The number of nitrogens with zero attached hydrogens (tertiary/aromatic N) is 5. The van der Waals surface area contributed by atoms with Crippen LogP contribution in [0.1, 0.15) is 12.5 Å². The van der Waals surface area contributed by atoms with E-state index in [0.29, 0.717) is 49.0 Å². The van der Waals surface area contributed by atoms with Gasteiger partial charge in [0.2, 0.25) is 11.9 Å². The molecular weight excluding hydrogens is 435 g/mol. The Morgan fingerprint density at radius 3 is 2.32 bits per heavy atom. The molecule has 2 aromatic carbocycles. The Balaban J connectivity index is 1.43. The van der Waals surface area contributed by atoms with Gasteiger partial charge in [0, 0.05) is 31.7 Å². The predicted molar refractivity (Wildman–Crippen MR) is 128 cm³/mol. The molecule has 9 nitrogen and oxygen atoms in total. The SMILES string of the molecule is CC(C(N)=O)(c1ccccc1)N1CCN(c2nc(N)nc3[nH]c(-c4ccc(F)cc4)nc23)CC1. The number of nitrogens with two attached hydrogens (primary N) is 2. The minimum absolute atomic E-state index is 0.130. The van der Waals surface area contributed by atoms with E-state index in [1.165, 1.54) is 12.1 Å². The first kappa shape index (κ1) is 21.8. The number of amides is 1. The van der Waals surface area contributed by atoms with E-state index >= 15 is 0 Å². The fraction of sp³-hybridized carbons (Fsp3) is 0.250. The highest BCUT2D eigenvalue weighted by molar-refractivity contribution is 5.88. The Morgan fingerprint density at radius 1 is 1.00 bits per heavy atom. The number of carbonyl (C=O) groups excluding carboxylic acids is 1. The lowest BCUT2D eigenvalue weighted by molar-refractivity contribution is -0.130. The van der Waals surface area contributed by atoms with E-state index in [1.54, 1.807) is 12.1 Å². The third-order valence-electron chi connectivity index (χ3n) is 6.49. The molecule has 1 amide bonds. The quantitative estimate of drug-likeness (QED) is 0.416. The molecule has 5 N–H and O–H groups in total. The number of carbonyl (C=O) groups is 1. The largest absolute Gasteiger partial charge is 0.368 e.